The number of carbonyl (C=O) groups excluding carboxylic acids is 2. The molecule has 0 aromatic heterocycles. The van der Waals surface area contributed by atoms with Crippen molar-refractivity contribution in [3.8, 4) is 0 Å². The fraction of sp³-hybridized carbons (Fsp3) is 0.444. The molecule has 0 radical (unpaired) electrons. The maximum atomic E-state index is 12.9. The largest absolute Gasteiger partial charge is 0.372 e. The Morgan fingerprint density at radius 3 is 2.65 bits per heavy atom. The molecule has 0 bridgehead atoms. The van der Waals surface area contributed by atoms with E-state index in [0.717, 1.165) is 6.42 Å². The van der Waals surface area contributed by atoms with Gasteiger partial charge in [-0.2, -0.15) is 0 Å². The van der Waals surface area contributed by atoms with E-state index >= 15 is 0 Å². The second-order valence-electron chi connectivity index (χ2n) is 6.51. The van der Waals surface area contributed by atoms with Crippen molar-refractivity contribution in [2.24, 2.45) is 0 Å². The van der Waals surface area contributed by atoms with Crippen molar-refractivity contribution < 1.29 is 19.8 Å². The van der Waals surface area contributed by atoms with Crippen molar-refractivity contribution in [3.63, 3.8) is 0 Å². The van der Waals surface area contributed by atoms with Crippen molar-refractivity contribution in [2.75, 3.05) is 6.54 Å². The topological polar surface area (TPSA) is 77.8 Å². The molecule has 1 aromatic rings. The average molecular weight is 313 g/mol. The highest BCUT2D eigenvalue weighted by Crippen LogP contribution is 2.58. The highest BCUT2D eigenvalue weighted by atomic mass is 16.4. The smallest absolute Gasteiger partial charge is 0.210 e. The lowest BCUT2D eigenvalue weighted by Gasteiger charge is -2.40. The third-order valence-corrected chi connectivity index (χ3v) is 5.29. The van der Waals surface area contributed by atoms with E-state index in [4.69, 9.17) is 0 Å². The summed E-state index contributed by atoms with van der Waals surface area (Å²) in [5.74, 6) is -0.802. The Morgan fingerprint density at radius 1 is 1.17 bits per heavy atom. The van der Waals surface area contributed by atoms with Gasteiger partial charge >= 0.3 is 0 Å². The fourth-order valence-corrected chi connectivity index (χ4v) is 4.39. The van der Waals surface area contributed by atoms with Crippen LogP contribution in [0.1, 0.15) is 48.5 Å². The molecule has 5 nitrogen and oxygen atoms in total. The molecule has 2 unspecified atom stereocenters. The molecule has 1 aliphatic heterocycles. The van der Waals surface area contributed by atoms with Gasteiger partial charge in [-0.25, -0.2) is 0 Å². The Morgan fingerprint density at radius 2 is 1.91 bits per heavy atom. The molecule has 2 N–H and O–H groups in total. The summed E-state index contributed by atoms with van der Waals surface area (Å²) in [6.07, 6.45) is 2.32. The molecular formula is C18H19NO4. The Labute approximate surface area is 134 Å². The third-order valence-electron chi connectivity index (χ3n) is 5.29. The third kappa shape index (κ3) is 1.45. The number of Topliss-reactive ketones (excluding diaryl/α,β-unsaturated/α-hetero) is 2. The molecule has 2 atom stereocenters. The van der Waals surface area contributed by atoms with Crippen molar-refractivity contribution in [3.05, 3.63) is 46.7 Å². The molecule has 5 heteroatoms. The van der Waals surface area contributed by atoms with Gasteiger partial charge in [0.05, 0.1) is 5.57 Å². The van der Waals surface area contributed by atoms with Crippen LogP contribution >= 0.6 is 0 Å². The lowest BCUT2D eigenvalue weighted by molar-refractivity contribution is -0.172. The van der Waals surface area contributed by atoms with E-state index in [2.05, 4.69) is 0 Å². The van der Waals surface area contributed by atoms with Gasteiger partial charge in [0, 0.05) is 29.8 Å². The minimum atomic E-state index is -2.18. The van der Waals surface area contributed by atoms with Gasteiger partial charge in [0.2, 0.25) is 17.1 Å². The highest BCUT2D eigenvalue weighted by Gasteiger charge is 2.72. The van der Waals surface area contributed by atoms with E-state index in [9.17, 15) is 19.8 Å². The lowest BCUT2D eigenvalue weighted by atomic mass is 9.80. The standard InChI is InChI=1S/C18H19NO4/c1-2-10-19-13-8-5-9-14(20)15(13)17(22)16(21)11-6-3-4-7-12(11)18(17,19)23/h3-4,6-7,22-23H,2,5,8-10H2,1H3. The van der Waals surface area contributed by atoms with Crippen molar-refractivity contribution in [2.45, 2.75) is 43.9 Å². The molecule has 120 valence electrons. The normalized spacial score (nSPS) is 32.2. The minimum absolute atomic E-state index is 0.112. The predicted molar refractivity (Wildman–Crippen MR) is 82.5 cm³/mol. The zero-order chi connectivity index (χ0) is 16.4. The number of fused-ring (bicyclic) bond motifs is 4. The molecular weight excluding hydrogens is 294 g/mol. The van der Waals surface area contributed by atoms with Crippen LogP contribution in [-0.4, -0.2) is 38.8 Å². The molecule has 1 aromatic carbocycles. The second-order valence-corrected chi connectivity index (χ2v) is 6.51. The molecule has 0 amide bonds. The van der Waals surface area contributed by atoms with E-state index < -0.39 is 17.1 Å². The average Bonchev–Trinajstić information content (AvgIpc) is 2.86. The summed E-state index contributed by atoms with van der Waals surface area (Å²) in [6, 6.07) is 6.70. The highest BCUT2D eigenvalue weighted by molar-refractivity contribution is 6.18. The first-order valence-electron chi connectivity index (χ1n) is 8.11. The van der Waals surface area contributed by atoms with Crippen LogP contribution < -0.4 is 0 Å². The number of allylic oxidation sites excluding steroid dienone is 1. The van der Waals surface area contributed by atoms with Gasteiger partial charge in [-0.3, -0.25) is 9.59 Å². The summed E-state index contributed by atoms with van der Waals surface area (Å²) in [4.78, 5) is 27.1. The summed E-state index contributed by atoms with van der Waals surface area (Å²) in [5.41, 5.74) is -2.62. The summed E-state index contributed by atoms with van der Waals surface area (Å²) >= 11 is 0. The Balaban J connectivity index is 2.04. The number of rotatable bonds is 2. The number of hydrogen-bond donors (Lipinski definition) is 2. The van der Waals surface area contributed by atoms with E-state index in [-0.39, 0.29) is 11.4 Å². The van der Waals surface area contributed by atoms with Crippen LogP contribution in [0.4, 0.5) is 0 Å². The SMILES string of the molecule is CCCN1C2=C(C(=O)CCC2)C2(O)C(=O)c3ccccc3C12O. The summed E-state index contributed by atoms with van der Waals surface area (Å²) in [7, 11) is 0. The number of carbonyl (C=O) groups is 2. The van der Waals surface area contributed by atoms with E-state index in [1.165, 1.54) is 0 Å². The summed E-state index contributed by atoms with van der Waals surface area (Å²) in [5, 5.41) is 22.8. The number of hydrogen-bond acceptors (Lipinski definition) is 5. The first-order chi connectivity index (χ1) is 11.0. The van der Waals surface area contributed by atoms with Crippen LogP contribution in [0.3, 0.4) is 0 Å². The Hall–Kier alpha value is -1.98. The number of benzene rings is 1. The Bertz CT molecular complexity index is 768. The van der Waals surface area contributed by atoms with Gasteiger partial charge in [0.15, 0.2) is 5.78 Å². The number of ketones is 2. The zero-order valence-corrected chi connectivity index (χ0v) is 13.0. The molecule has 23 heavy (non-hydrogen) atoms. The van der Waals surface area contributed by atoms with E-state index in [0.29, 0.717) is 42.6 Å². The first-order valence-corrected chi connectivity index (χ1v) is 8.11. The van der Waals surface area contributed by atoms with Gasteiger partial charge in [-0.15, -0.1) is 0 Å². The molecule has 0 fully saturated rings. The lowest BCUT2D eigenvalue weighted by Crippen LogP contribution is -2.57. The monoisotopic (exact) mass is 313 g/mol. The van der Waals surface area contributed by atoms with Crippen molar-refractivity contribution in [1.29, 1.82) is 0 Å². The molecule has 0 spiro atoms. The predicted octanol–water partition coefficient (Wildman–Crippen LogP) is 1.49. The van der Waals surface area contributed by atoms with Crippen LogP contribution in [-0.2, 0) is 10.5 Å². The quantitative estimate of drug-likeness (QED) is 0.865. The molecule has 0 saturated carbocycles. The van der Waals surface area contributed by atoms with Crippen LogP contribution in [0.15, 0.2) is 35.5 Å². The minimum Gasteiger partial charge on any atom is -0.372 e. The summed E-state index contributed by atoms with van der Waals surface area (Å²) < 4.78 is 0. The zero-order valence-electron chi connectivity index (χ0n) is 13.0. The molecule has 2 aliphatic carbocycles. The van der Waals surface area contributed by atoms with Crippen molar-refractivity contribution in [1.82, 2.24) is 4.90 Å². The van der Waals surface area contributed by atoms with Crippen LogP contribution in [0.5, 0.6) is 0 Å². The summed E-state index contributed by atoms with van der Waals surface area (Å²) in [6.45, 7) is 2.45. The maximum Gasteiger partial charge on any atom is 0.210 e. The van der Waals surface area contributed by atoms with Crippen LogP contribution in [0.2, 0.25) is 0 Å². The molecule has 4 rings (SSSR count). The second kappa shape index (κ2) is 4.52. The van der Waals surface area contributed by atoms with Gasteiger partial charge in [-0.1, -0.05) is 31.2 Å². The fourth-order valence-electron chi connectivity index (χ4n) is 4.39. The van der Waals surface area contributed by atoms with E-state index in [1.807, 2.05) is 6.92 Å². The van der Waals surface area contributed by atoms with Crippen molar-refractivity contribution >= 4 is 11.6 Å². The number of nitrogens with zero attached hydrogens (tertiary/aromatic N) is 1. The first kappa shape index (κ1) is 14.6. The molecule has 1 heterocycles. The van der Waals surface area contributed by atoms with Gasteiger partial charge in [-0.05, 0) is 19.3 Å². The maximum absolute atomic E-state index is 12.9. The number of aliphatic hydroxyl groups is 2. The molecule has 0 saturated heterocycles. The van der Waals surface area contributed by atoms with Gasteiger partial charge < -0.3 is 15.1 Å². The van der Waals surface area contributed by atoms with Crippen LogP contribution in [0.25, 0.3) is 0 Å². The van der Waals surface area contributed by atoms with Crippen LogP contribution in [0, 0.1) is 0 Å². The Kier molecular flexibility index (Phi) is 2.87. The van der Waals surface area contributed by atoms with Gasteiger partial charge in [0.1, 0.15) is 0 Å². The molecule has 3 aliphatic rings. The van der Waals surface area contributed by atoms with E-state index in [1.54, 1.807) is 29.2 Å². The van der Waals surface area contributed by atoms with Gasteiger partial charge in [0.25, 0.3) is 0 Å².